The van der Waals surface area contributed by atoms with Crippen LogP contribution in [0, 0.1) is 5.92 Å². The van der Waals surface area contributed by atoms with Gasteiger partial charge >= 0.3 is 5.97 Å². The zero-order valence-corrected chi connectivity index (χ0v) is 14.4. The molecule has 1 aliphatic heterocycles. The third kappa shape index (κ3) is 4.02. The van der Waals surface area contributed by atoms with E-state index < -0.39 is 0 Å². The first-order valence-electron chi connectivity index (χ1n) is 8.72. The third-order valence-corrected chi connectivity index (χ3v) is 4.38. The van der Waals surface area contributed by atoms with Crippen molar-refractivity contribution in [3.63, 3.8) is 0 Å². The monoisotopic (exact) mass is 331 g/mol. The van der Waals surface area contributed by atoms with Gasteiger partial charge in [0.25, 0.3) is 11.8 Å². The number of nitrogens with zero attached hydrogens (tertiary/aromatic N) is 1. The summed E-state index contributed by atoms with van der Waals surface area (Å²) < 4.78 is 5.31. The minimum absolute atomic E-state index is 0.0516. The molecule has 1 heterocycles. The maximum absolute atomic E-state index is 12.2. The van der Waals surface area contributed by atoms with Gasteiger partial charge in [-0.05, 0) is 31.4 Å². The normalized spacial score (nSPS) is 14.7. The lowest BCUT2D eigenvalue weighted by atomic mass is 10.00. The number of ether oxygens (including phenoxy) is 1. The molecule has 1 aromatic carbocycles. The molecule has 0 fully saturated rings. The van der Waals surface area contributed by atoms with Gasteiger partial charge in [0, 0.05) is 6.54 Å². The molecule has 1 aliphatic rings. The van der Waals surface area contributed by atoms with Crippen LogP contribution >= 0.6 is 0 Å². The lowest BCUT2D eigenvalue weighted by Crippen LogP contribution is -2.31. The van der Waals surface area contributed by atoms with Crippen LogP contribution in [0.5, 0.6) is 0 Å². The van der Waals surface area contributed by atoms with E-state index in [-0.39, 0.29) is 36.9 Å². The highest BCUT2D eigenvalue weighted by molar-refractivity contribution is 6.21. The second kappa shape index (κ2) is 8.62. The van der Waals surface area contributed by atoms with Crippen molar-refractivity contribution < 1.29 is 19.1 Å². The summed E-state index contributed by atoms with van der Waals surface area (Å²) in [5, 5.41) is 0. The standard InChI is InChI=1S/C19H25NO4/c1-3-5-9-14(4-2)19(23)24-13-8-12-20-17(21)15-10-6-7-11-16(15)18(20)22/h6-7,10-11,14H,3-5,8-9,12-13H2,1-2H3. The minimum Gasteiger partial charge on any atom is -0.465 e. The molecule has 0 saturated heterocycles. The Morgan fingerprint density at radius 2 is 1.71 bits per heavy atom. The predicted molar refractivity (Wildman–Crippen MR) is 90.7 cm³/mol. The SMILES string of the molecule is CCCCC(CC)C(=O)OCCCN1C(=O)c2ccccc2C1=O. The Morgan fingerprint density at radius 1 is 1.08 bits per heavy atom. The first kappa shape index (κ1) is 18.2. The molecule has 0 aliphatic carbocycles. The number of hydrogen-bond donors (Lipinski definition) is 0. The number of benzene rings is 1. The van der Waals surface area contributed by atoms with Crippen molar-refractivity contribution in [2.24, 2.45) is 5.92 Å². The van der Waals surface area contributed by atoms with Crippen molar-refractivity contribution in [1.82, 2.24) is 4.90 Å². The molecular formula is C19H25NO4. The number of esters is 1. The number of unbranched alkanes of at least 4 members (excludes halogenated alkanes) is 1. The van der Waals surface area contributed by atoms with Crippen LogP contribution in [0.4, 0.5) is 0 Å². The second-order valence-electron chi connectivity index (χ2n) is 6.08. The van der Waals surface area contributed by atoms with Gasteiger partial charge in [0.15, 0.2) is 0 Å². The molecule has 1 aromatic rings. The van der Waals surface area contributed by atoms with E-state index in [4.69, 9.17) is 4.74 Å². The van der Waals surface area contributed by atoms with Gasteiger partial charge in [-0.1, -0.05) is 38.8 Å². The highest BCUT2D eigenvalue weighted by Crippen LogP contribution is 2.22. The third-order valence-electron chi connectivity index (χ3n) is 4.38. The first-order valence-corrected chi connectivity index (χ1v) is 8.72. The Kier molecular flexibility index (Phi) is 6.53. The Bertz CT molecular complexity index is 576. The smallest absolute Gasteiger partial charge is 0.308 e. The van der Waals surface area contributed by atoms with Crippen molar-refractivity contribution in [1.29, 1.82) is 0 Å². The molecule has 0 N–H and O–H groups in total. The Balaban J connectivity index is 1.78. The van der Waals surface area contributed by atoms with Crippen LogP contribution < -0.4 is 0 Å². The molecule has 130 valence electrons. The average molecular weight is 331 g/mol. The first-order chi connectivity index (χ1) is 11.6. The molecule has 2 amide bonds. The molecule has 5 heteroatoms. The van der Waals surface area contributed by atoms with Crippen molar-refractivity contribution in [2.45, 2.75) is 46.0 Å². The molecule has 0 bridgehead atoms. The Morgan fingerprint density at radius 3 is 2.25 bits per heavy atom. The van der Waals surface area contributed by atoms with Gasteiger partial charge in [0.1, 0.15) is 0 Å². The highest BCUT2D eigenvalue weighted by Gasteiger charge is 2.34. The maximum atomic E-state index is 12.2. The topological polar surface area (TPSA) is 63.7 Å². The van der Waals surface area contributed by atoms with Crippen LogP contribution in [-0.4, -0.2) is 35.8 Å². The number of fused-ring (bicyclic) bond motifs is 1. The van der Waals surface area contributed by atoms with Crippen molar-refractivity contribution in [2.75, 3.05) is 13.2 Å². The minimum atomic E-state index is -0.267. The van der Waals surface area contributed by atoms with Crippen molar-refractivity contribution >= 4 is 17.8 Å². The molecule has 0 aromatic heterocycles. The van der Waals surface area contributed by atoms with E-state index in [0.717, 1.165) is 25.7 Å². The maximum Gasteiger partial charge on any atom is 0.308 e. The van der Waals surface area contributed by atoms with E-state index in [2.05, 4.69) is 6.92 Å². The zero-order valence-electron chi connectivity index (χ0n) is 14.4. The van der Waals surface area contributed by atoms with Crippen molar-refractivity contribution in [3.05, 3.63) is 35.4 Å². The summed E-state index contributed by atoms with van der Waals surface area (Å²) in [7, 11) is 0. The lowest BCUT2D eigenvalue weighted by molar-refractivity contribution is -0.149. The van der Waals surface area contributed by atoms with Crippen LogP contribution in [0.1, 0.15) is 66.7 Å². The van der Waals surface area contributed by atoms with E-state index in [1.807, 2.05) is 6.92 Å². The zero-order chi connectivity index (χ0) is 17.5. The molecule has 1 atom stereocenters. The van der Waals surface area contributed by atoms with E-state index in [9.17, 15) is 14.4 Å². The van der Waals surface area contributed by atoms with Crippen LogP contribution in [0.2, 0.25) is 0 Å². The molecule has 1 unspecified atom stereocenters. The summed E-state index contributed by atoms with van der Waals surface area (Å²) in [4.78, 5) is 37.7. The molecule has 0 radical (unpaired) electrons. The van der Waals surface area contributed by atoms with Gasteiger partial charge in [0.2, 0.25) is 0 Å². The van der Waals surface area contributed by atoms with Crippen LogP contribution in [0.3, 0.4) is 0 Å². The van der Waals surface area contributed by atoms with Crippen LogP contribution in [0.15, 0.2) is 24.3 Å². The summed E-state index contributed by atoms with van der Waals surface area (Å²) in [5.41, 5.74) is 0.898. The number of hydrogen-bond acceptors (Lipinski definition) is 4. The van der Waals surface area contributed by atoms with Gasteiger partial charge in [-0.15, -0.1) is 0 Å². The number of amides is 2. The summed E-state index contributed by atoms with van der Waals surface area (Å²) >= 11 is 0. The quantitative estimate of drug-likeness (QED) is 0.395. The van der Waals surface area contributed by atoms with Gasteiger partial charge in [-0.3, -0.25) is 19.3 Å². The second-order valence-corrected chi connectivity index (χ2v) is 6.08. The number of carbonyl (C=O) groups is 3. The van der Waals surface area contributed by atoms with E-state index >= 15 is 0 Å². The number of rotatable bonds is 9. The molecule has 0 saturated carbocycles. The molecule has 0 spiro atoms. The van der Waals surface area contributed by atoms with Crippen LogP contribution in [0.25, 0.3) is 0 Å². The predicted octanol–water partition coefficient (Wildman–Crippen LogP) is 3.43. The van der Waals surface area contributed by atoms with Crippen LogP contribution in [-0.2, 0) is 9.53 Å². The summed E-state index contributed by atoms with van der Waals surface area (Å²) in [5.74, 6) is -0.759. The highest BCUT2D eigenvalue weighted by atomic mass is 16.5. The molecule has 24 heavy (non-hydrogen) atoms. The number of imide groups is 1. The largest absolute Gasteiger partial charge is 0.465 e. The molecule has 2 rings (SSSR count). The molecule has 5 nitrogen and oxygen atoms in total. The summed E-state index contributed by atoms with van der Waals surface area (Å²) in [6.07, 6.45) is 4.16. The molecular weight excluding hydrogens is 306 g/mol. The van der Waals surface area contributed by atoms with Gasteiger partial charge in [-0.25, -0.2) is 0 Å². The summed E-state index contributed by atoms with van der Waals surface area (Å²) in [6, 6.07) is 6.82. The fourth-order valence-corrected chi connectivity index (χ4v) is 2.89. The van der Waals surface area contributed by atoms with E-state index in [1.165, 1.54) is 4.90 Å². The average Bonchev–Trinajstić information content (AvgIpc) is 2.84. The number of carbonyl (C=O) groups excluding carboxylic acids is 3. The fraction of sp³-hybridized carbons (Fsp3) is 0.526. The van der Waals surface area contributed by atoms with Gasteiger partial charge in [-0.2, -0.15) is 0 Å². The Labute approximate surface area is 143 Å². The lowest BCUT2D eigenvalue weighted by Gasteiger charge is -2.16. The van der Waals surface area contributed by atoms with E-state index in [1.54, 1.807) is 24.3 Å². The summed E-state index contributed by atoms with van der Waals surface area (Å²) in [6.45, 7) is 4.58. The van der Waals surface area contributed by atoms with E-state index in [0.29, 0.717) is 17.5 Å². The van der Waals surface area contributed by atoms with Gasteiger partial charge in [0.05, 0.1) is 23.7 Å². The fourth-order valence-electron chi connectivity index (χ4n) is 2.89. The van der Waals surface area contributed by atoms with Gasteiger partial charge < -0.3 is 4.74 Å². The van der Waals surface area contributed by atoms with Crippen molar-refractivity contribution in [3.8, 4) is 0 Å². The Hall–Kier alpha value is -2.17.